The van der Waals surface area contributed by atoms with Gasteiger partial charge in [-0.3, -0.25) is 9.59 Å². The van der Waals surface area contributed by atoms with Gasteiger partial charge in [0.1, 0.15) is 5.60 Å². The van der Waals surface area contributed by atoms with Crippen molar-refractivity contribution in [2.24, 2.45) is 0 Å². The number of hydrogen-bond acceptors (Lipinski definition) is 6. The lowest BCUT2D eigenvalue weighted by molar-refractivity contribution is -0.125. The average Bonchev–Trinajstić information content (AvgIpc) is 2.44. The Bertz CT molecular complexity index is 738. The van der Waals surface area contributed by atoms with E-state index in [2.05, 4.69) is 5.32 Å². The molecule has 0 spiro atoms. The van der Waals surface area contributed by atoms with E-state index in [0.29, 0.717) is 0 Å². The van der Waals surface area contributed by atoms with Gasteiger partial charge in [0.25, 0.3) is 10.0 Å². The minimum atomic E-state index is -4.04. The van der Waals surface area contributed by atoms with Crippen molar-refractivity contribution >= 4 is 27.8 Å². The first-order valence-corrected chi connectivity index (χ1v) is 9.00. The summed E-state index contributed by atoms with van der Waals surface area (Å²) >= 11 is 0. The Morgan fingerprint density at radius 1 is 1.12 bits per heavy atom. The third-order valence-electron chi connectivity index (χ3n) is 2.87. The summed E-state index contributed by atoms with van der Waals surface area (Å²) in [7, 11) is -4.04. The molecule has 0 aliphatic carbocycles. The van der Waals surface area contributed by atoms with E-state index < -0.39 is 45.9 Å². The SMILES string of the molecule is CC(=O)[C@H](CC(=O)NS(=O)(=O)c1ccccc1)NC(=O)OC(C)(C)C. The summed E-state index contributed by atoms with van der Waals surface area (Å²) in [6.45, 7) is 6.12. The van der Waals surface area contributed by atoms with Crippen LogP contribution in [0.15, 0.2) is 35.2 Å². The number of ether oxygens (including phenoxy) is 1. The standard InChI is InChI=1S/C16H22N2O6S/c1-11(19)13(17-15(21)24-16(2,3)4)10-14(20)18-25(22,23)12-8-6-5-7-9-12/h5-9,13H,10H2,1-4H3,(H,17,21)(H,18,20)/t13-/m0/s1. The monoisotopic (exact) mass is 370 g/mol. The van der Waals surface area contributed by atoms with Crippen LogP contribution in [0.1, 0.15) is 34.1 Å². The number of carbonyl (C=O) groups excluding carboxylic acids is 3. The first-order chi connectivity index (χ1) is 11.4. The highest BCUT2D eigenvalue weighted by Gasteiger charge is 2.26. The third kappa shape index (κ3) is 7.34. The highest BCUT2D eigenvalue weighted by Crippen LogP contribution is 2.09. The quantitative estimate of drug-likeness (QED) is 0.780. The van der Waals surface area contributed by atoms with Crippen LogP contribution in [-0.4, -0.2) is 37.8 Å². The summed E-state index contributed by atoms with van der Waals surface area (Å²) in [6, 6.07) is 6.13. The van der Waals surface area contributed by atoms with Crippen molar-refractivity contribution < 1.29 is 27.5 Å². The van der Waals surface area contributed by atoms with Crippen LogP contribution in [0.3, 0.4) is 0 Å². The maximum Gasteiger partial charge on any atom is 0.408 e. The zero-order valence-corrected chi connectivity index (χ0v) is 15.3. The molecule has 0 aliphatic rings. The van der Waals surface area contributed by atoms with Gasteiger partial charge in [0.05, 0.1) is 17.4 Å². The van der Waals surface area contributed by atoms with Gasteiger partial charge in [-0.25, -0.2) is 17.9 Å². The molecule has 1 aromatic carbocycles. The fraction of sp³-hybridized carbons (Fsp3) is 0.438. The summed E-state index contributed by atoms with van der Waals surface area (Å²) in [5.41, 5.74) is -0.773. The second kappa shape index (κ2) is 8.11. The minimum Gasteiger partial charge on any atom is -0.444 e. The molecule has 1 atom stereocenters. The van der Waals surface area contributed by atoms with E-state index in [1.54, 1.807) is 26.8 Å². The molecule has 2 amide bonds. The van der Waals surface area contributed by atoms with Gasteiger partial charge >= 0.3 is 6.09 Å². The van der Waals surface area contributed by atoms with Crippen molar-refractivity contribution in [3.05, 3.63) is 30.3 Å². The number of Topliss-reactive ketones (excluding diaryl/α,β-unsaturated/α-hetero) is 1. The van der Waals surface area contributed by atoms with E-state index in [0.717, 1.165) is 0 Å². The molecule has 0 saturated carbocycles. The topological polar surface area (TPSA) is 119 Å². The Morgan fingerprint density at radius 3 is 2.16 bits per heavy atom. The third-order valence-corrected chi connectivity index (χ3v) is 4.26. The molecule has 1 rings (SSSR count). The van der Waals surface area contributed by atoms with E-state index in [9.17, 15) is 22.8 Å². The molecule has 0 radical (unpaired) electrons. The summed E-state index contributed by atoms with van der Waals surface area (Å²) in [4.78, 5) is 35.2. The number of sulfonamides is 1. The molecule has 8 nitrogen and oxygen atoms in total. The second-order valence-corrected chi connectivity index (χ2v) is 8.04. The van der Waals surface area contributed by atoms with E-state index in [1.807, 2.05) is 4.72 Å². The molecule has 0 aromatic heterocycles. The predicted octanol–water partition coefficient (Wildman–Crippen LogP) is 1.36. The summed E-state index contributed by atoms with van der Waals surface area (Å²) in [5, 5.41) is 2.26. The van der Waals surface area contributed by atoms with Gasteiger partial charge in [-0.05, 0) is 39.8 Å². The number of amides is 2. The zero-order chi connectivity index (χ0) is 19.3. The van der Waals surface area contributed by atoms with Crippen LogP contribution in [0.5, 0.6) is 0 Å². The van der Waals surface area contributed by atoms with Crippen molar-refractivity contribution in [3.8, 4) is 0 Å². The number of carbonyl (C=O) groups is 3. The molecule has 138 valence electrons. The van der Waals surface area contributed by atoms with Crippen LogP contribution in [0.25, 0.3) is 0 Å². The summed E-state index contributed by atoms with van der Waals surface area (Å²) in [6.07, 6.45) is -1.40. The Balaban J connectivity index is 2.74. The first kappa shape index (κ1) is 20.6. The predicted molar refractivity (Wildman–Crippen MR) is 90.2 cm³/mol. The first-order valence-electron chi connectivity index (χ1n) is 7.51. The van der Waals surface area contributed by atoms with Gasteiger partial charge in [-0.15, -0.1) is 0 Å². The van der Waals surface area contributed by atoms with E-state index in [-0.39, 0.29) is 4.90 Å². The Labute approximate surface area is 147 Å². The molecule has 0 heterocycles. The van der Waals surface area contributed by atoms with Gasteiger partial charge in [0.15, 0.2) is 5.78 Å². The lowest BCUT2D eigenvalue weighted by Gasteiger charge is -2.22. The molecule has 0 bridgehead atoms. The number of alkyl carbamates (subject to hydrolysis) is 1. The van der Waals surface area contributed by atoms with E-state index >= 15 is 0 Å². The molecule has 2 N–H and O–H groups in total. The highest BCUT2D eigenvalue weighted by atomic mass is 32.2. The van der Waals surface area contributed by atoms with Crippen molar-refractivity contribution in [3.63, 3.8) is 0 Å². The van der Waals surface area contributed by atoms with Crippen molar-refractivity contribution in [2.45, 2.75) is 50.7 Å². The lowest BCUT2D eigenvalue weighted by Crippen LogP contribution is -2.45. The molecule has 0 fully saturated rings. The molecule has 9 heteroatoms. The smallest absolute Gasteiger partial charge is 0.408 e. The number of nitrogens with one attached hydrogen (secondary N) is 2. The van der Waals surface area contributed by atoms with Crippen molar-refractivity contribution in [1.29, 1.82) is 0 Å². The van der Waals surface area contributed by atoms with Crippen LogP contribution in [0, 0.1) is 0 Å². The van der Waals surface area contributed by atoms with E-state index in [1.165, 1.54) is 31.2 Å². The Kier molecular flexibility index (Phi) is 6.69. The average molecular weight is 370 g/mol. The normalized spacial score (nSPS) is 12.8. The van der Waals surface area contributed by atoms with Crippen molar-refractivity contribution in [1.82, 2.24) is 10.0 Å². The van der Waals surface area contributed by atoms with Gasteiger partial charge in [0, 0.05) is 0 Å². The lowest BCUT2D eigenvalue weighted by atomic mass is 10.1. The second-order valence-electron chi connectivity index (χ2n) is 6.36. The number of ketones is 1. The Morgan fingerprint density at radius 2 is 1.68 bits per heavy atom. The molecule has 0 saturated heterocycles. The molecule has 0 aliphatic heterocycles. The highest BCUT2D eigenvalue weighted by molar-refractivity contribution is 7.90. The molecular formula is C16H22N2O6S. The van der Waals surface area contributed by atoms with Crippen LogP contribution < -0.4 is 10.0 Å². The molecule has 1 aromatic rings. The van der Waals surface area contributed by atoms with Crippen molar-refractivity contribution in [2.75, 3.05) is 0 Å². The maximum absolute atomic E-state index is 12.1. The number of hydrogen-bond donors (Lipinski definition) is 2. The molecule has 0 unspecified atom stereocenters. The number of benzene rings is 1. The fourth-order valence-corrected chi connectivity index (χ4v) is 2.80. The zero-order valence-electron chi connectivity index (χ0n) is 14.5. The summed E-state index contributed by atoms with van der Waals surface area (Å²) < 4.78 is 31.0. The van der Waals surface area contributed by atoms with Gasteiger partial charge < -0.3 is 10.1 Å². The van der Waals surface area contributed by atoms with Gasteiger partial charge in [-0.2, -0.15) is 0 Å². The van der Waals surface area contributed by atoms with Crippen LogP contribution in [0.2, 0.25) is 0 Å². The van der Waals surface area contributed by atoms with Crippen LogP contribution >= 0.6 is 0 Å². The maximum atomic E-state index is 12.1. The fourth-order valence-electron chi connectivity index (χ4n) is 1.78. The van der Waals surface area contributed by atoms with E-state index in [4.69, 9.17) is 4.74 Å². The van der Waals surface area contributed by atoms with Gasteiger partial charge in [-0.1, -0.05) is 18.2 Å². The van der Waals surface area contributed by atoms with Crippen LogP contribution in [-0.2, 0) is 24.3 Å². The largest absolute Gasteiger partial charge is 0.444 e. The summed E-state index contributed by atoms with van der Waals surface area (Å²) in [5.74, 6) is -1.42. The number of rotatable bonds is 6. The molecular weight excluding hydrogens is 348 g/mol. The van der Waals surface area contributed by atoms with Crippen LogP contribution in [0.4, 0.5) is 4.79 Å². The molecule has 25 heavy (non-hydrogen) atoms. The minimum absolute atomic E-state index is 0.0807. The Hall–Kier alpha value is -2.42. The van der Waals surface area contributed by atoms with Gasteiger partial charge in [0.2, 0.25) is 5.91 Å².